The summed E-state index contributed by atoms with van der Waals surface area (Å²) < 4.78 is 5.50. The lowest BCUT2D eigenvalue weighted by atomic mass is 10.0. The van der Waals surface area contributed by atoms with Crippen LogP contribution in [0.25, 0.3) is 0 Å². The molecule has 8 heteroatoms. The molecule has 8 nitrogen and oxygen atoms in total. The minimum atomic E-state index is -0.431. The second-order valence-electron chi connectivity index (χ2n) is 4.65. The van der Waals surface area contributed by atoms with Gasteiger partial charge < -0.3 is 15.2 Å². The Morgan fingerprint density at radius 2 is 2.38 bits per heavy atom. The van der Waals surface area contributed by atoms with Gasteiger partial charge in [-0.2, -0.15) is 5.21 Å². The summed E-state index contributed by atoms with van der Waals surface area (Å²) in [5.74, 6) is -0.463. The maximum Gasteiger partial charge on any atom is 0.265 e. The Balaban J connectivity index is 1.64. The number of hydrogen-bond donors (Lipinski definition) is 3. The molecule has 1 aromatic heterocycles. The molecule has 3 rings (SSSR count). The monoisotopic (exact) mass is 287 g/mol. The number of ether oxygens (including phenoxy) is 1. The van der Waals surface area contributed by atoms with Crippen LogP contribution in [-0.2, 0) is 16.0 Å². The van der Waals surface area contributed by atoms with Crippen molar-refractivity contribution in [3.8, 4) is 0 Å². The lowest BCUT2D eigenvalue weighted by Crippen LogP contribution is -2.07. The fourth-order valence-electron chi connectivity index (χ4n) is 1.99. The molecule has 0 aliphatic carbocycles. The molecular formula is C13H13N5O3. The van der Waals surface area contributed by atoms with E-state index in [0.29, 0.717) is 5.95 Å². The first-order chi connectivity index (χ1) is 10.1. The lowest BCUT2D eigenvalue weighted by Gasteiger charge is -2.02. The molecule has 1 aliphatic heterocycles. The summed E-state index contributed by atoms with van der Waals surface area (Å²) in [6, 6.07) is 7.42. The molecule has 1 aliphatic rings. The molecule has 21 heavy (non-hydrogen) atoms. The van der Waals surface area contributed by atoms with Crippen LogP contribution in [0.1, 0.15) is 17.2 Å². The van der Waals surface area contributed by atoms with Gasteiger partial charge in [-0.1, -0.05) is 35.9 Å². The molecule has 2 atom stereocenters. The lowest BCUT2D eigenvalue weighted by molar-refractivity contribution is -0.117. The number of aliphatic hydroxyl groups excluding tert-OH is 1. The number of carbonyl (C=O) groups excluding carboxylic acids is 1. The Kier molecular flexibility index (Phi) is 3.36. The highest BCUT2D eigenvalue weighted by atomic mass is 16.6. The SMILES string of the molecule is C=C(O)C(=O)Cc1cccc(C2OC2Nc2nn[nH]n2)c1. The predicted molar refractivity (Wildman–Crippen MR) is 72.3 cm³/mol. The van der Waals surface area contributed by atoms with Crippen molar-refractivity contribution in [1.82, 2.24) is 20.6 Å². The summed E-state index contributed by atoms with van der Waals surface area (Å²) in [6.45, 7) is 3.22. The maximum atomic E-state index is 11.5. The Bertz CT molecular complexity index is 670. The van der Waals surface area contributed by atoms with Crippen molar-refractivity contribution in [1.29, 1.82) is 0 Å². The quantitative estimate of drug-likeness (QED) is 0.410. The fourth-order valence-corrected chi connectivity index (χ4v) is 1.99. The van der Waals surface area contributed by atoms with Gasteiger partial charge in [0, 0.05) is 6.42 Å². The summed E-state index contributed by atoms with van der Waals surface area (Å²) in [7, 11) is 0. The number of allylic oxidation sites excluding steroid dienone is 1. The molecule has 2 heterocycles. The number of rotatable bonds is 6. The van der Waals surface area contributed by atoms with Gasteiger partial charge in [0.25, 0.3) is 5.95 Å². The number of ketones is 1. The summed E-state index contributed by atoms with van der Waals surface area (Å²) in [5.41, 5.74) is 1.73. The van der Waals surface area contributed by atoms with Crippen LogP contribution in [0.4, 0.5) is 5.95 Å². The number of aromatic nitrogens is 4. The summed E-state index contributed by atoms with van der Waals surface area (Å²) in [6.07, 6.45) is -0.240. The number of nitrogens with one attached hydrogen (secondary N) is 2. The van der Waals surface area contributed by atoms with Crippen LogP contribution in [0, 0.1) is 0 Å². The summed E-state index contributed by atoms with van der Waals surface area (Å²) in [5, 5.41) is 25.4. The van der Waals surface area contributed by atoms with E-state index in [1.54, 1.807) is 0 Å². The second-order valence-corrected chi connectivity index (χ2v) is 4.65. The Morgan fingerprint density at radius 3 is 3.10 bits per heavy atom. The second kappa shape index (κ2) is 5.33. The molecule has 108 valence electrons. The average Bonchev–Trinajstić information content (AvgIpc) is 3.02. The van der Waals surface area contributed by atoms with Crippen LogP contribution >= 0.6 is 0 Å². The molecule has 0 bridgehead atoms. The van der Waals surface area contributed by atoms with Gasteiger partial charge in [-0.05, 0) is 16.3 Å². The highest BCUT2D eigenvalue weighted by molar-refractivity contribution is 5.93. The molecule has 0 radical (unpaired) electrons. The number of aliphatic hydroxyl groups is 1. The Morgan fingerprint density at radius 1 is 1.52 bits per heavy atom. The van der Waals surface area contributed by atoms with Crippen molar-refractivity contribution in [2.24, 2.45) is 0 Å². The third kappa shape index (κ3) is 3.06. The highest BCUT2D eigenvalue weighted by Crippen LogP contribution is 2.38. The van der Waals surface area contributed by atoms with Crippen LogP contribution in [0.5, 0.6) is 0 Å². The summed E-state index contributed by atoms with van der Waals surface area (Å²) >= 11 is 0. The topological polar surface area (TPSA) is 116 Å². The Hall–Kier alpha value is -2.74. The molecule has 2 unspecified atom stereocenters. The number of anilines is 1. The maximum absolute atomic E-state index is 11.5. The van der Waals surface area contributed by atoms with Crippen molar-refractivity contribution in [2.45, 2.75) is 18.8 Å². The van der Waals surface area contributed by atoms with Gasteiger partial charge in [0.1, 0.15) is 6.10 Å². The van der Waals surface area contributed by atoms with Gasteiger partial charge in [0.2, 0.25) is 5.78 Å². The van der Waals surface area contributed by atoms with E-state index in [1.165, 1.54) is 0 Å². The van der Waals surface area contributed by atoms with Crippen LogP contribution in [0.2, 0.25) is 0 Å². The van der Waals surface area contributed by atoms with Crippen molar-refractivity contribution >= 4 is 11.7 Å². The number of H-pyrrole nitrogens is 1. The minimum Gasteiger partial charge on any atom is -0.505 e. The molecule has 0 saturated carbocycles. The van der Waals surface area contributed by atoms with E-state index in [1.807, 2.05) is 24.3 Å². The molecule has 1 fully saturated rings. The average molecular weight is 287 g/mol. The van der Waals surface area contributed by atoms with E-state index < -0.39 is 11.5 Å². The normalized spacial score (nSPS) is 20.0. The van der Waals surface area contributed by atoms with Gasteiger partial charge >= 0.3 is 0 Å². The molecule has 0 spiro atoms. The van der Waals surface area contributed by atoms with E-state index in [9.17, 15) is 4.79 Å². The molecule has 2 aromatic rings. The number of aromatic amines is 1. The zero-order valence-corrected chi connectivity index (χ0v) is 11.0. The van der Waals surface area contributed by atoms with E-state index in [0.717, 1.165) is 11.1 Å². The van der Waals surface area contributed by atoms with Crippen molar-refractivity contribution in [2.75, 3.05) is 5.32 Å². The van der Waals surface area contributed by atoms with Crippen LogP contribution < -0.4 is 5.32 Å². The highest BCUT2D eigenvalue weighted by Gasteiger charge is 2.41. The fraction of sp³-hybridized carbons (Fsp3) is 0.231. The zero-order valence-electron chi connectivity index (χ0n) is 11.0. The zero-order chi connectivity index (χ0) is 14.8. The van der Waals surface area contributed by atoms with E-state index in [2.05, 4.69) is 32.5 Å². The number of carbonyl (C=O) groups is 1. The van der Waals surface area contributed by atoms with Crippen LogP contribution in [0.3, 0.4) is 0 Å². The van der Waals surface area contributed by atoms with Gasteiger partial charge in [-0.25, -0.2) is 0 Å². The molecule has 1 saturated heterocycles. The number of nitrogens with zero attached hydrogens (tertiary/aromatic N) is 3. The number of benzene rings is 1. The molecular weight excluding hydrogens is 274 g/mol. The first-order valence-electron chi connectivity index (χ1n) is 6.29. The molecule has 0 amide bonds. The number of epoxide rings is 1. The standard InChI is InChI=1S/C13H13N5O3/c1-7(19)10(20)6-8-3-2-4-9(5-8)11-12(21-11)14-13-15-17-18-16-13/h2-5,11-12,19H,1,6H2,(H2,14,15,16,17,18). The smallest absolute Gasteiger partial charge is 0.265 e. The third-order valence-electron chi connectivity index (χ3n) is 3.07. The first-order valence-corrected chi connectivity index (χ1v) is 6.29. The van der Waals surface area contributed by atoms with Crippen LogP contribution in [-0.4, -0.2) is 37.7 Å². The molecule has 1 aromatic carbocycles. The molecule has 3 N–H and O–H groups in total. The van der Waals surface area contributed by atoms with Gasteiger partial charge in [0.05, 0.1) is 0 Å². The predicted octanol–water partition coefficient (Wildman–Crippen LogP) is 0.892. The van der Waals surface area contributed by atoms with Crippen molar-refractivity contribution < 1.29 is 14.6 Å². The Labute approximate surface area is 119 Å². The first kappa shape index (κ1) is 13.3. The number of hydrogen-bond acceptors (Lipinski definition) is 7. The van der Waals surface area contributed by atoms with E-state index >= 15 is 0 Å². The largest absolute Gasteiger partial charge is 0.505 e. The van der Waals surface area contributed by atoms with Crippen molar-refractivity contribution in [3.05, 3.63) is 47.7 Å². The number of Topliss-reactive ketones (excluding diaryl/α,β-unsaturated/α-hetero) is 1. The van der Waals surface area contributed by atoms with Gasteiger partial charge in [-0.3, -0.25) is 4.79 Å². The number of tetrazole rings is 1. The summed E-state index contributed by atoms with van der Waals surface area (Å²) in [4.78, 5) is 11.5. The third-order valence-corrected chi connectivity index (χ3v) is 3.07. The van der Waals surface area contributed by atoms with E-state index in [-0.39, 0.29) is 18.8 Å². The van der Waals surface area contributed by atoms with Crippen LogP contribution in [0.15, 0.2) is 36.6 Å². The van der Waals surface area contributed by atoms with Gasteiger partial charge in [0.15, 0.2) is 12.0 Å². The van der Waals surface area contributed by atoms with E-state index in [4.69, 9.17) is 9.84 Å². The van der Waals surface area contributed by atoms with Gasteiger partial charge in [-0.15, -0.1) is 5.10 Å². The minimum absolute atomic E-state index is 0.110. The van der Waals surface area contributed by atoms with Crippen molar-refractivity contribution in [3.63, 3.8) is 0 Å².